The van der Waals surface area contributed by atoms with Crippen molar-refractivity contribution in [2.45, 2.75) is 33.2 Å². The molecule has 0 radical (unpaired) electrons. The number of methoxy groups -OCH3 is 1. The molecular weight excluding hydrogens is 356 g/mol. The molecule has 3 rings (SSSR count). The van der Waals surface area contributed by atoms with E-state index in [-0.39, 0.29) is 36.7 Å². The van der Waals surface area contributed by atoms with Crippen LogP contribution >= 0.6 is 0 Å². The van der Waals surface area contributed by atoms with Crippen molar-refractivity contribution in [3.05, 3.63) is 64.2 Å². The Morgan fingerprint density at radius 2 is 1.68 bits per heavy atom. The van der Waals surface area contributed by atoms with Crippen LogP contribution in [-0.2, 0) is 4.79 Å². The highest BCUT2D eigenvalue weighted by molar-refractivity contribution is 6.21. The fourth-order valence-corrected chi connectivity index (χ4v) is 3.40. The van der Waals surface area contributed by atoms with Crippen LogP contribution in [0.5, 0.6) is 5.75 Å². The molecule has 2 aromatic rings. The molecule has 146 valence electrons. The summed E-state index contributed by atoms with van der Waals surface area (Å²) in [5.41, 5.74) is 3.67. The zero-order valence-electron chi connectivity index (χ0n) is 16.5. The normalized spacial score (nSPS) is 14.1. The summed E-state index contributed by atoms with van der Waals surface area (Å²) >= 11 is 0. The van der Waals surface area contributed by atoms with Crippen molar-refractivity contribution in [2.24, 2.45) is 0 Å². The summed E-state index contributed by atoms with van der Waals surface area (Å²) in [6.07, 6.45) is 0.0446. The van der Waals surface area contributed by atoms with E-state index in [1.54, 1.807) is 25.3 Å². The quantitative estimate of drug-likeness (QED) is 0.781. The second kappa shape index (κ2) is 7.84. The second-order valence-corrected chi connectivity index (χ2v) is 7.10. The van der Waals surface area contributed by atoms with E-state index in [4.69, 9.17) is 4.74 Å². The number of hydrogen-bond donors (Lipinski definition) is 1. The largest absolute Gasteiger partial charge is 0.496 e. The van der Waals surface area contributed by atoms with E-state index in [9.17, 15) is 14.4 Å². The van der Waals surface area contributed by atoms with Gasteiger partial charge in [-0.2, -0.15) is 0 Å². The standard InChI is InChI=1S/C22H24N2O4/c1-13-5-7-16-18(12-13)22(27)24(21(16)26)10-9-20(25)23-15(3)17-11-14(2)6-8-19(17)28-4/h5-8,11-12,15H,9-10H2,1-4H3,(H,23,25). The van der Waals surface area contributed by atoms with Crippen molar-refractivity contribution in [1.82, 2.24) is 10.2 Å². The first-order chi connectivity index (χ1) is 13.3. The van der Waals surface area contributed by atoms with Crippen molar-refractivity contribution < 1.29 is 19.1 Å². The van der Waals surface area contributed by atoms with Gasteiger partial charge in [0.2, 0.25) is 5.91 Å². The summed E-state index contributed by atoms with van der Waals surface area (Å²) in [6, 6.07) is 10.7. The van der Waals surface area contributed by atoms with Crippen LogP contribution in [-0.4, -0.2) is 36.3 Å². The zero-order chi connectivity index (χ0) is 20.4. The van der Waals surface area contributed by atoms with Gasteiger partial charge in [-0.05, 0) is 39.0 Å². The number of amides is 3. The molecule has 0 bridgehead atoms. The molecule has 0 fully saturated rings. The van der Waals surface area contributed by atoms with Gasteiger partial charge in [0.1, 0.15) is 5.75 Å². The van der Waals surface area contributed by atoms with Crippen LogP contribution in [0.1, 0.15) is 56.8 Å². The van der Waals surface area contributed by atoms with Gasteiger partial charge in [-0.25, -0.2) is 0 Å². The topological polar surface area (TPSA) is 75.7 Å². The van der Waals surface area contributed by atoms with E-state index in [0.29, 0.717) is 16.9 Å². The van der Waals surface area contributed by atoms with Crippen LogP contribution in [0, 0.1) is 13.8 Å². The van der Waals surface area contributed by atoms with E-state index in [0.717, 1.165) is 21.6 Å². The fourth-order valence-electron chi connectivity index (χ4n) is 3.40. The average molecular weight is 380 g/mol. The lowest BCUT2D eigenvalue weighted by Crippen LogP contribution is -2.35. The minimum Gasteiger partial charge on any atom is -0.496 e. The number of fused-ring (bicyclic) bond motifs is 1. The Labute approximate surface area is 164 Å². The molecule has 2 aromatic carbocycles. The number of nitrogens with one attached hydrogen (secondary N) is 1. The Morgan fingerprint density at radius 3 is 2.39 bits per heavy atom. The lowest BCUT2D eigenvalue weighted by atomic mass is 10.0. The third-order valence-corrected chi connectivity index (χ3v) is 4.92. The number of imide groups is 1. The van der Waals surface area contributed by atoms with Gasteiger partial charge in [-0.1, -0.05) is 29.3 Å². The van der Waals surface area contributed by atoms with Crippen LogP contribution < -0.4 is 10.1 Å². The Hall–Kier alpha value is -3.15. The van der Waals surface area contributed by atoms with Gasteiger partial charge in [0.25, 0.3) is 11.8 Å². The second-order valence-electron chi connectivity index (χ2n) is 7.10. The molecule has 0 aromatic heterocycles. The van der Waals surface area contributed by atoms with Gasteiger partial charge in [-0.15, -0.1) is 0 Å². The summed E-state index contributed by atoms with van der Waals surface area (Å²) in [7, 11) is 1.59. The van der Waals surface area contributed by atoms with Crippen LogP contribution in [0.2, 0.25) is 0 Å². The number of nitrogens with zero attached hydrogens (tertiary/aromatic N) is 1. The Balaban J connectivity index is 1.63. The number of benzene rings is 2. The summed E-state index contributed by atoms with van der Waals surface area (Å²) in [5, 5.41) is 2.91. The molecule has 0 spiro atoms. The van der Waals surface area contributed by atoms with Crippen molar-refractivity contribution in [3.63, 3.8) is 0 Å². The first-order valence-electron chi connectivity index (χ1n) is 9.22. The highest BCUT2D eigenvalue weighted by atomic mass is 16.5. The summed E-state index contributed by atoms with van der Waals surface area (Å²) in [6.45, 7) is 5.77. The molecule has 0 saturated heterocycles. The Kier molecular flexibility index (Phi) is 5.49. The lowest BCUT2D eigenvalue weighted by molar-refractivity contribution is -0.121. The predicted molar refractivity (Wildman–Crippen MR) is 105 cm³/mol. The lowest BCUT2D eigenvalue weighted by Gasteiger charge is -2.19. The number of ether oxygens (including phenoxy) is 1. The van der Waals surface area contributed by atoms with Gasteiger partial charge in [0, 0.05) is 18.5 Å². The number of carbonyl (C=O) groups excluding carboxylic acids is 3. The highest BCUT2D eigenvalue weighted by Gasteiger charge is 2.35. The monoisotopic (exact) mass is 380 g/mol. The van der Waals surface area contributed by atoms with E-state index in [2.05, 4.69) is 5.32 Å². The maximum atomic E-state index is 12.5. The van der Waals surface area contributed by atoms with E-state index in [1.807, 2.05) is 39.0 Å². The third kappa shape index (κ3) is 3.76. The molecule has 1 heterocycles. The molecule has 1 N–H and O–H groups in total. The van der Waals surface area contributed by atoms with Crippen molar-refractivity contribution in [1.29, 1.82) is 0 Å². The van der Waals surface area contributed by atoms with Gasteiger partial charge in [0.15, 0.2) is 0 Å². The first-order valence-corrected chi connectivity index (χ1v) is 9.22. The predicted octanol–water partition coefficient (Wildman–Crippen LogP) is 3.18. The SMILES string of the molecule is COc1ccc(C)cc1C(C)NC(=O)CCN1C(=O)c2ccc(C)cc2C1=O. The molecule has 1 atom stereocenters. The minimum atomic E-state index is -0.346. The van der Waals surface area contributed by atoms with E-state index >= 15 is 0 Å². The average Bonchev–Trinajstić information content (AvgIpc) is 2.89. The summed E-state index contributed by atoms with van der Waals surface area (Å²) in [5.74, 6) is -0.219. The summed E-state index contributed by atoms with van der Waals surface area (Å²) in [4.78, 5) is 38.5. The smallest absolute Gasteiger partial charge is 0.261 e. The van der Waals surface area contributed by atoms with Crippen molar-refractivity contribution in [3.8, 4) is 5.75 Å². The number of carbonyl (C=O) groups is 3. The van der Waals surface area contributed by atoms with Gasteiger partial charge in [-0.3, -0.25) is 19.3 Å². The Morgan fingerprint density at radius 1 is 1.04 bits per heavy atom. The third-order valence-electron chi connectivity index (χ3n) is 4.92. The van der Waals surface area contributed by atoms with Gasteiger partial charge < -0.3 is 10.1 Å². The van der Waals surface area contributed by atoms with E-state index < -0.39 is 0 Å². The molecular formula is C22H24N2O4. The first kappa shape index (κ1) is 19.6. The highest BCUT2D eigenvalue weighted by Crippen LogP contribution is 2.27. The van der Waals surface area contributed by atoms with Crippen molar-refractivity contribution in [2.75, 3.05) is 13.7 Å². The molecule has 6 nitrogen and oxygen atoms in total. The molecule has 1 aliphatic rings. The van der Waals surface area contributed by atoms with Crippen LogP contribution in [0.3, 0.4) is 0 Å². The Bertz CT molecular complexity index is 952. The minimum absolute atomic E-state index is 0.0446. The van der Waals surface area contributed by atoms with Crippen molar-refractivity contribution >= 4 is 17.7 Å². The molecule has 0 saturated carbocycles. The molecule has 1 aliphatic heterocycles. The van der Waals surface area contributed by atoms with Crippen LogP contribution in [0.4, 0.5) is 0 Å². The molecule has 28 heavy (non-hydrogen) atoms. The summed E-state index contributed by atoms with van der Waals surface area (Å²) < 4.78 is 5.37. The van der Waals surface area contributed by atoms with Crippen LogP contribution in [0.25, 0.3) is 0 Å². The van der Waals surface area contributed by atoms with E-state index in [1.165, 1.54) is 0 Å². The fraction of sp³-hybridized carbons (Fsp3) is 0.318. The number of aryl methyl sites for hydroxylation is 2. The molecule has 0 aliphatic carbocycles. The molecule has 3 amide bonds. The number of rotatable bonds is 6. The van der Waals surface area contributed by atoms with Gasteiger partial charge in [0.05, 0.1) is 24.3 Å². The zero-order valence-corrected chi connectivity index (χ0v) is 16.5. The van der Waals surface area contributed by atoms with Crippen LogP contribution in [0.15, 0.2) is 36.4 Å². The molecule has 1 unspecified atom stereocenters. The maximum absolute atomic E-state index is 12.5. The maximum Gasteiger partial charge on any atom is 0.261 e. The molecule has 6 heteroatoms. The number of hydrogen-bond acceptors (Lipinski definition) is 4. The van der Waals surface area contributed by atoms with Gasteiger partial charge >= 0.3 is 0 Å².